The molecule has 0 radical (unpaired) electrons. The van der Waals surface area contributed by atoms with Gasteiger partial charge in [0, 0.05) is 24.4 Å². The van der Waals surface area contributed by atoms with Crippen molar-refractivity contribution in [2.24, 2.45) is 0 Å². The lowest BCUT2D eigenvalue weighted by molar-refractivity contribution is -0.385. The van der Waals surface area contributed by atoms with Crippen molar-refractivity contribution in [2.45, 2.75) is 13.5 Å². The smallest absolute Gasteiger partial charge is 0.274 e. The first-order chi connectivity index (χ1) is 10.5. The van der Waals surface area contributed by atoms with Crippen LogP contribution in [0.25, 0.3) is 0 Å². The number of benzene rings is 1. The van der Waals surface area contributed by atoms with E-state index in [-0.39, 0.29) is 29.5 Å². The van der Waals surface area contributed by atoms with E-state index in [9.17, 15) is 20.0 Å². The van der Waals surface area contributed by atoms with Gasteiger partial charge in [0.05, 0.1) is 23.2 Å². The topological polar surface area (TPSA) is 96.6 Å². The Kier molecular flexibility index (Phi) is 4.67. The third-order valence-corrected chi connectivity index (χ3v) is 3.19. The molecular weight excluding hydrogens is 286 g/mol. The van der Waals surface area contributed by atoms with Crippen LogP contribution in [0.4, 0.5) is 5.69 Å². The summed E-state index contributed by atoms with van der Waals surface area (Å²) in [6.45, 7) is 2.27. The van der Waals surface area contributed by atoms with Crippen molar-refractivity contribution >= 4 is 11.6 Å². The van der Waals surface area contributed by atoms with E-state index in [4.69, 9.17) is 0 Å². The van der Waals surface area contributed by atoms with Gasteiger partial charge in [0.2, 0.25) is 0 Å². The van der Waals surface area contributed by atoms with Crippen LogP contribution in [0.1, 0.15) is 22.8 Å². The Balaban J connectivity index is 2.26. The molecular formula is C15H15N3O4. The number of pyridine rings is 1. The molecule has 1 aromatic heterocycles. The normalized spacial score (nSPS) is 10.2. The molecule has 1 aromatic carbocycles. The van der Waals surface area contributed by atoms with Gasteiger partial charge < -0.3 is 10.0 Å². The van der Waals surface area contributed by atoms with Crippen LogP contribution in [0, 0.1) is 10.1 Å². The van der Waals surface area contributed by atoms with E-state index < -0.39 is 4.92 Å². The highest BCUT2D eigenvalue weighted by Gasteiger charge is 2.20. The number of amides is 1. The summed E-state index contributed by atoms with van der Waals surface area (Å²) in [6, 6.07) is 7.62. The number of carbonyl (C=O) groups is 1. The molecule has 0 aliphatic rings. The molecule has 0 aliphatic heterocycles. The summed E-state index contributed by atoms with van der Waals surface area (Å²) in [5, 5.41) is 20.4. The van der Waals surface area contributed by atoms with Crippen molar-refractivity contribution in [1.29, 1.82) is 0 Å². The summed E-state index contributed by atoms with van der Waals surface area (Å²) in [7, 11) is 0. The largest absolute Gasteiger partial charge is 0.506 e. The molecule has 0 bridgehead atoms. The molecule has 7 heteroatoms. The molecule has 0 spiro atoms. The SMILES string of the molecule is CCN(Cc1ccccc1[N+](=O)[O-])C(=O)c1cncc(O)c1. The van der Waals surface area contributed by atoms with Crippen molar-refractivity contribution in [1.82, 2.24) is 9.88 Å². The first kappa shape index (κ1) is 15.4. The van der Waals surface area contributed by atoms with Crippen molar-refractivity contribution in [3.63, 3.8) is 0 Å². The van der Waals surface area contributed by atoms with Gasteiger partial charge in [-0.3, -0.25) is 19.9 Å². The summed E-state index contributed by atoms with van der Waals surface area (Å²) in [5.74, 6) is -0.448. The van der Waals surface area contributed by atoms with Crippen molar-refractivity contribution in [3.8, 4) is 5.75 Å². The Morgan fingerprint density at radius 1 is 1.36 bits per heavy atom. The monoisotopic (exact) mass is 301 g/mol. The van der Waals surface area contributed by atoms with Crippen LogP contribution in [0.15, 0.2) is 42.7 Å². The Morgan fingerprint density at radius 2 is 2.09 bits per heavy atom. The Hall–Kier alpha value is -2.96. The molecule has 1 heterocycles. The second-order valence-electron chi connectivity index (χ2n) is 4.64. The predicted molar refractivity (Wildman–Crippen MR) is 79.4 cm³/mol. The fraction of sp³-hybridized carbons (Fsp3) is 0.200. The van der Waals surface area contributed by atoms with Crippen LogP contribution in [0.3, 0.4) is 0 Å². The van der Waals surface area contributed by atoms with Gasteiger partial charge in [0.25, 0.3) is 11.6 Å². The van der Waals surface area contributed by atoms with Crippen LogP contribution in [0.2, 0.25) is 0 Å². The Labute approximate surface area is 127 Å². The van der Waals surface area contributed by atoms with Gasteiger partial charge in [-0.1, -0.05) is 18.2 Å². The number of nitro benzene ring substituents is 1. The summed E-state index contributed by atoms with van der Waals surface area (Å²) >= 11 is 0. The summed E-state index contributed by atoms with van der Waals surface area (Å²) in [6.07, 6.45) is 2.58. The highest BCUT2D eigenvalue weighted by molar-refractivity contribution is 5.94. The van der Waals surface area contributed by atoms with Gasteiger partial charge in [-0.15, -0.1) is 0 Å². The molecule has 2 rings (SSSR count). The molecule has 1 N–H and O–H groups in total. The average Bonchev–Trinajstić information content (AvgIpc) is 2.52. The third-order valence-electron chi connectivity index (χ3n) is 3.19. The number of nitro groups is 1. The van der Waals surface area contributed by atoms with E-state index in [1.165, 1.54) is 29.4 Å². The number of aromatic nitrogens is 1. The molecule has 22 heavy (non-hydrogen) atoms. The molecule has 0 aliphatic carbocycles. The van der Waals surface area contributed by atoms with E-state index in [2.05, 4.69) is 4.98 Å². The number of rotatable bonds is 5. The molecule has 0 atom stereocenters. The quantitative estimate of drug-likeness (QED) is 0.675. The lowest BCUT2D eigenvalue weighted by atomic mass is 10.1. The zero-order chi connectivity index (χ0) is 16.1. The molecule has 1 amide bonds. The van der Waals surface area contributed by atoms with Gasteiger partial charge in [-0.25, -0.2) is 0 Å². The van der Waals surface area contributed by atoms with Gasteiger partial charge in [-0.05, 0) is 13.0 Å². The van der Waals surface area contributed by atoms with E-state index in [0.717, 1.165) is 0 Å². The average molecular weight is 301 g/mol. The number of carbonyl (C=O) groups excluding carboxylic acids is 1. The number of aromatic hydroxyl groups is 1. The van der Waals surface area contributed by atoms with Crippen molar-refractivity contribution in [3.05, 3.63) is 64.0 Å². The van der Waals surface area contributed by atoms with E-state index >= 15 is 0 Å². The minimum atomic E-state index is -0.469. The summed E-state index contributed by atoms with van der Waals surface area (Å²) in [4.78, 5) is 28.2. The second-order valence-corrected chi connectivity index (χ2v) is 4.64. The zero-order valence-corrected chi connectivity index (χ0v) is 12.0. The lowest BCUT2D eigenvalue weighted by Crippen LogP contribution is -2.30. The van der Waals surface area contributed by atoms with Crippen LogP contribution in [-0.4, -0.2) is 32.4 Å². The van der Waals surface area contributed by atoms with Gasteiger partial charge in [0.15, 0.2) is 0 Å². The number of para-hydroxylation sites is 1. The van der Waals surface area contributed by atoms with Crippen LogP contribution in [-0.2, 0) is 6.54 Å². The van der Waals surface area contributed by atoms with Gasteiger partial charge >= 0.3 is 0 Å². The van der Waals surface area contributed by atoms with Gasteiger partial charge in [-0.2, -0.15) is 0 Å². The van der Waals surface area contributed by atoms with Gasteiger partial charge in [0.1, 0.15) is 5.75 Å². The lowest BCUT2D eigenvalue weighted by Gasteiger charge is -2.20. The molecule has 7 nitrogen and oxygen atoms in total. The van der Waals surface area contributed by atoms with Crippen LogP contribution in [0.5, 0.6) is 5.75 Å². The maximum Gasteiger partial charge on any atom is 0.274 e. The minimum Gasteiger partial charge on any atom is -0.506 e. The summed E-state index contributed by atoms with van der Waals surface area (Å²) in [5.41, 5.74) is 0.666. The maximum absolute atomic E-state index is 12.4. The molecule has 0 unspecified atom stereocenters. The number of nitrogens with zero attached hydrogens (tertiary/aromatic N) is 3. The second kappa shape index (κ2) is 6.66. The van der Waals surface area contributed by atoms with Crippen molar-refractivity contribution in [2.75, 3.05) is 6.54 Å². The molecule has 0 saturated heterocycles. The van der Waals surface area contributed by atoms with E-state index in [1.807, 2.05) is 0 Å². The Morgan fingerprint density at radius 3 is 2.73 bits per heavy atom. The summed E-state index contributed by atoms with van der Waals surface area (Å²) < 4.78 is 0. The number of hydrogen-bond acceptors (Lipinski definition) is 5. The molecule has 2 aromatic rings. The van der Waals surface area contributed by atoms with E-state index in [0.29, 0.717) is 12.1 Å². The standard InChI is InChI=1S/C15H15N3O4/c1-2-17(15(20)12-7-13(19)9-16-8-12)10-11-5-3-4-6-14(11)18(21)22/h3-9,19H,2,10H2,1H3. The van der Waals surface area contributed by atoms with Crippen molar-refractivity contribution < 1.29 is 14.8 Å². The van der Waals surface area contributed by atoms with E-state index in [1.54, 1.807) is 25.1 Å². The predicted octanol–water partition coefficient (Wildman–Crippen LogP) is 2.36. The minimum absolute atomic E-state index is 0.0252. The third kappa shape index (κ3) is 3.38. The number of hydrogen-bond donors (Lipinski definition) is 1. The molecule has 0 saturated carbocycles. The molecule has 114 valence electrons. The molecule has 0 fully saturated rings. The van der Waals surface area contributed by atoms with Crippen LogP contribution >= 0.6 is 0 Å². The first-order valence-electron chi connectivity index (χ1n) is 6.68. The highest BCUT2D eigenvalue weighted by Crippen LogP contribution is 2.21. The fourth-order valence-corrected chi connectivity index (χ4v) is 2.08. The first-order valence-corrected chi connectivity index (χ1v) is 6.68. The van der Waals surface area contributed by atoms with Crippen LogP contribution < -0.4 is 0 Å². The Bertz CT molecular complexity index is 703. The maximum atomic E-state index is 12.4. The zero-order valence-electron chi connectivity index (χ0n) is 12.0. The highest BCUT2D eigenvalue weighted by atomic mass is 16.6. The fourth-order valence-electron chi connectivity index (χ4n) is 2.08.